The summed E-state index contributed by atoms with van der Waals surface area (Å²) in [5.74, 6) is 0. The predicted molar refractivity (Wildman–Crippen MR) is 62.4 cm³/mol. The highest BCUT2D eigenvalue weighted by molar-refractivity contribution is 6.59. The van der Waals surface area contributed by atoms with Gasteiger partial charge in [0.25, 0.3) is 0 Å². The lowest BCUT2D eigenvalue weighted by molar-refractivity contribution is 0.424. The predicted octanol–water partition coefficient (Wildman–Crippen LogP) is -0.0721. The van der Waals surface area contributed by atoms with Gasteiger partial charge in [-0.3, -0.25) is 4.98 Å². The zero-order chi connectivity index (χ0) is 11.4. The van der Waals surface area contributed by atoms with Crippen molar-refractivity contribution >= 4 is 18.3 Å². The first-order valence-corrected chi connectivity index (χ1v) is 5.20. The molecule has 1 aromatic heterocycles. The van der Waals surface area contributed by atoms with Gasteiger partial charge in [0.15, 0.2) is 0 Å². The number of rotatable bonds is 4. The van der Waals surface area contributed by atoms with Crippen molar-refractivity contribution in [2.45, 2.75) is 26.7 Å². The van der Waals surface area contributed by atoms with Crippen LogP contribution in [0.4, 0.5) is 5.69 Å². The second-order valence-electron chi connectivity index (χ2n) is 3.34. The fourth-order valence-electron chi connectivity index (χ4n) is 1.79. The minimum atomic E-state index is -1.45. The molecule has 15 heavy (non-hydrogen) atoms. The van der Waals surface area contributed by atoms with Crippen LogP contribution in [0, 0.1) is 0 Å². The zero-order valence-electron chi connectivity index (χ0n) is 9.41. The van der Waals surface area contributed by atoms with E-state index in [1.807, 2.05) is 13.8 Å². The summed E-state index contributed by atoms with van der Waals surface area (Å²) < 4.78 is 0. The van der Waals surface area contributed by atoms with Crippen LogP contribution in [0.1, 0.15) is 25.1 Å². The van der Waals surface area contributed by atoms with E-state index in [-0.39, 0.29) is 0 Å². The summed E-state index contributed by atoms with van der Waals surface area (Å²) in [6.45, 7) is 3.94. The summed E-state index contributed by atoms with van der Waals surface area (Å²) in [6.07, 6.45) is 3.19. The lowest BCUT2D eigenvalue weighted by Crippen LogP contribution is -2.37. The first kappa shape index (κ1) is 12.0. The van der Waals surface area contributed by atoms with Crippen LogP contribution in [0.25, 0.3) is 0 Å². The van der Waals surface area contributed by atoms with E-state index in [9.17, 15) is 10.0 Å². The van der Waals surface area contributed by atoms with E-state index in [4.69, 9.17) is 0 Å². The van der Waals surface area contributed by atoms with Crippen LogP contribution in [-0.4, -0.2) is 29.2 Å². The molecule has 0 fully saturated rings. The second-order valence-corrected chi connectivity index (χ2v) is 3.34. The molecule has 0 aromatic carbocycles. The average molecular weight is 208 g/mol. The Bertz CT molecular complexity index is 342. The summed E-state index contributed by atoms with van der Waals surface area (Å²) in [5, 5.41) is 21.7. The molecular weight excluding hydrogens is 191 g/mol. The second kappa shape index (κ2) is 5.14. The standard InChI is InChI=1S/C10H17BN2O2/c1-4-7-9(12-3)6-13-8(5-2)10(7)11(14)15/h6,12,14-15H,4-5H2,1-3H3. The maximum absolute atomic E-state index is 9.36. The van der Waals surface area contributed by atoms with Crippen molar-refractivity contribution in [2.75, 3.05) is 12.4 Å². The number of hydrogen-bond acceptors (Lipinski definition) is 4. The van der Waals surface area contributed by atoms with Gasteiger partial charge < -0.3 is 15.4 Å². The molecule has 1 aromatic rings. The molecule has 82 valence electrons. The number of aromatic nitrogens is 1. The van der Waals surface area contributed by atoms with Crippen LogP contribution in [0.3, 0.4) is 0 Å². The van der Waals surface area contributed by atoms with E-state index in [1.165, 1.54) is 0 Å². The van der Waals surface area contributed by atoms with Gasteiger partial charge in [-0.05, 0) is 18.4 Å². The van der Waals surface area contributed by atoms with Crippen molar-refractivity contribution in [1.82, 2.24) is 4.98 Å². The van der Waals surface area contributed by atoms with Crippen molar-refractivity contribution in [2.24, 2.45) is 0 Å². The summed E-state index contributed by atoms with van der Waals surface area (Å²) >= 11 is 0. The van der Waals surface area contributed by atoms with Crippen molar-refractivity contribution in [3.05, 3.63) is 17.5 Å². The number of nitrogens with one attached hydrogen (secondary N) is 1. The fourth-order valence-corrected chi connectivity index (χ4v) is 1.79. The summed E-state index contributed by atoms with van der Waals surface area (Å²) in [6, 6.07) is 0. The Hall–Kier alpha value is -1.07. The third kappa shape index (κ3) is 2.30. The lowest BCUT2D eigenvalue weighted by atomic mass is 9.74. The molecule has 0 bridgehead atoms. The van der Waals surface area contributed by atoms with Gasteiger partial charge in [-0.15, -0.1) is 0 Å². The molecule has 0 saturated carbocycles. The van der Waals surface area contributed by atoms with Crippen molar-refractivity contribution in [1.29, 1.82) is 0 Å². The molecule has 5 heteroatoms. The molecule has 1 rings (SSSR count). The monoisotopic (exact) mass is 208 g/mol. The largest absolute Gasteiger partial charge is 0.490 e. The van der Waals surface area contributed by atoms with E-state index in [2.05, 4.69) is 10.3 Å². The number of nitrogens with zero attached hydrogens (tertiary/aromatic N) is 1. The van der Waals surface area contributed by atoms with Gasteiger partial charge in [0.1, 0.15) is 0 Å². The third-order valence-corrected chi connectivity index (χ3v) is 2.53. The van der Waals surface area contributed by atoms with Gasteiger partial charge in [-0.1, -0.05) is 13.8 Å². The molecule has 4 nitrogen and oxygen atoms in total. The quantitative estimate of drug-likeness (QED) is 0.606. The smallest absolute Gasteiger partial charge is 0.423 e. The molecule has 0 spiro atoms. The van der Waals surface area contributed by atoms with E-state index in [0.717, 1.165) is 23.4 Å². The molecule has 0 amide bonds. The van der Waals surface area contributed by atoms with Gasteiger partial charge in [0, 0.05) is 18.2 Å². The minimum absolute atomic E-state index is 0.548. The lowest BCUT2D eigenvalue weighted by Gasteiger charge is -2.15. The Morgan fingerprint density at radius 3 is 2.40 bits per heavy atom. The highest BCUT2D eigenvalue weighted by atomic mass is 16.4. The zero-order valence-corrected chi connectivity index (χ0v) is 9.41. The summed E-state index contributed by atoms with van der Waals surface area (Å²) in [5.41, 5.74) is 3.09. The topological polar surface area (TPSA) is 65.4 Å². The Morgan fingerprint density at radius 2 is 2.00 bits per heavy atom. The van der Waals surface area contributed by atoms with Crippen molar-refractivity contribution in [3.63, 3.8) is 0 Å². The minimum Gasteiger partial charge on any atom is -0.423 e. The molecule has 0 aliphatic rings. The fraction of sp³-hybridized carbons (Fsp3) is 0.500. The molecule has 1 heterocycles. The molecule has 0 saturated heterocycles. The molecule has 0 unspecified atom stereocenters. The maximum Gasteiger partial charge on any atom is 0.490 e. The Morgan fingerprint density at radius 1 is 1.33 bits per heavy atom. The first-order valence-electron chi connectivity index (χ1n) is 5.20. The van der Waals surface area contributed by atoms with Crippen LogP contribution >= 0.6 is 0 Å². The molecule has 0 aliphatic carbocycles. The van der Waals surface area contributed by atoms with Crippen LogP contribution < -0.4 is 10.8 Å². The number of hydrogen-bond donors (Lipinski definition) is 3. The van der Waals surface area contributed by atoms with Crippen LogP contribution in [0.15, 0.2) is 6.20 Å². The molecular formula is C10H17BN2O2. The van der Waals surface area contributed by atoms with E-state index in [0.29, 0.717) is 11.9 Å². The number of aryl methyl sites for hydroxylation is 1. The number of pyridine rings is 1. The Balaban J connectivity index is 3.37. The molecule has 0 radical (unpaired) electrons. The Labute approximate surface area is 90.5 Å². The van der Waals surface area contributed by atoms with E-state index >= 15 is 0 Å². The van der Waals surface area contributed by atoms with Gasteiger partial charge in [0.2, 0.25) is 0 Å². The van der Waals surface area contributed by atoms with Gasteiger partial charge in [0.05, 0.1) is 11.9 Å². The van der Waals surface area contributed by atoms with E-state index in [1.54, 1.807) is 13.2 Å². The van der Waals surface area contributed by atoms with E-state index < -0.39 is 7.12 Å². The number of anilines is 1. The molecule has 3 N–H and O–H groups in total. The summed E-state index contributed by atoms with van der Waals surface area (Å²) in [7, 11) is 0.352. The normalized spacial score (nSPS) is 10.2. The Kier molecular flexibility index (Phi) is 4.11. The van der Waals surface area contributed by atoms with Crippen LogP contribution in [-0.2, 0) is 12.8 Å². The van der Waals surface area contributed by atoms with Gasteiger partial charge in [-0.2, -0.15) is 0 Å². The van der Waals surface area contributed by atoms with Gasteiger partial charge in [-0.25, -0.2) is 0 Å². The highest BCUT2D eigenvalue weighted by Gasteiger charge is 2.22. The van der Waals surface area contributed by atoms with Crippen LogP contribution in [0.2, 0.25) is 0 Å². The third-order valence-electron chi connectivity index (χ3n) is 2.53. The first-order chi connectivity index (χ1) is 7.15. The molecule has 0 aliphatic heterocycles. The molecule has 0 atom stereocenters. The SMILES string of the molecule is CCc1ncc(NC)c(CC)c1B(O)O. The van der Waals surface area contributed by atoms with Gasteiger partial charge >= 0.3 is 7.12 Å². The maximum atomic E-state index is 9.36. The average Bonchev–Trinajstić information content (AvgIpc) is 2.26. The van der Waals surface area contributed by atoms with Crippen LogP contribution in [0.5, 0.6) is 0 Å². The highest BCUT2D eigenvalue weighted by Crippen LogP contribution is 2.14. The van der Waals surface area contributed by atoms with Crippen molar-refractivity contribution < 1.29 is 10.0 Å². The summed E-state index contributed by atoms with van der Waals surface area (Å²) in [4.78, 5) is 4.22. The van der Waals surface area contributed by atoms with Crippen molar-refractivity contribution in [3.8, 4) is 0 Å².